The standard InChI is InChI=1S/C16H17ClO3S/c1-11-4-6-15(8-12(11)2)21(18,19)10-13-9-14(17)5-7-16(13)20-3/h4-9H,10H2,1-3H3. The van der Waals surface area contributed by atoms with Crippen LogP contribution in [0.25, 0.3) is 0 Å². The van der Waals surface area contributed by atoms with E-state index in [0.29, 0.717) is 21.2 Å². The van der Waals surface area contributed by atoms with Crippen LogP contribution < -0.4 is 4.74 Å². The third kappa shape index (κ3) is 3.57. The number of hydrogen-bond acceptors (Lipinski definition) is 3. The third-order valence-corrected chi connectivity index (χ3v) is 5.32. The molecule has 0 unspecified atom stereocenters. The first-order valence-corrected chi connectivity index (χ1v) is 8.49. The summed E-state index contributed by atoms with van der Waals surface area (Å²) in [6.45, 7) is 3.85. The summed E-state index contributed by atoms with van der Waals surface area (Å²) in [5, 5.41) is 0.487. The van der Waals surface area contributed by atoms with Crippen molar-refractivity contribution in [2.24, 2.45) is 0 Å². The van der Waals surface area contributed by atoms with E-state index in [9.17, 15) is 8.42 Å². The highest BCUT2D eigenvalue weighted by atomic mass is 35.5. The summed E-state index contributed by atoms with van der Waals surface area (Å²) < 4.78 is 30.3. The van der Waals surface area contributed by atoms with Crippen LogP contribution in [0.4, 0.5) is 0 Å². The van der Waals surface area contributed by atoms with Crippen molar-refractivity contribution in [3.8, 4) is 5.75 Å². The summed E-state index contributed by atoms with van der Waals surface area (Å²) in [6, 6.07) is 10.1. The maximum Gasteiger partial charge on any atom is 0.182 e. The van der Waals surface area contributed by atoms with Crippen LogP contribution in [0.5, 0.6) is 5.75 Å². The van der Waals surface area contributed by atoms with Crippen molar-refractivity contribution in [1.29, 1.82) is 0 Å². The maximum atomic E-state index is 12.5. The zero-order valence-electron chi connectivity index (χ0n) is 12.2. The molecule has 2 aromatic carbocycles. The Bertz CT molecular complexity index is 767. The molecule has 0 amide bonds. The molecule has 0 atom stereocenters. The van der Waals surface area contributed by atoms with E-state index >= 15 is 0 Å². The van der Waals surface area contributed by atoms with Crippen LogP contribution in [0.2, 0.25) is 5.02 Å². The second-order valence-corrected chi connectivity index (χ2v) is 7.39. The SMILES string of the molecule is COc1ccc(Cl)cc1CS(=O)(=O)c1ccc(C)c(C)c1. The molecule has 0 bridgehead atoms. The molecule has 0 fully saturated rings. The third-order valence-electron chi connectivity index (χ3n) is 3.43. The summed E-state index contributed by atoms with van der Waals surface area (Å²) >= 11 is 5.94. The Morgan fingerprint density at radius 2 is 1.76 bits per heavy atom. The average molecular weight is 325 g/mol. The second-order valence-electron chi connectivity index (χ2n) is 4.96. The van der Waals surface area contributed by atoms with Crippen molar-refractivity contribution < 1.29 is 13.2 Å². The number of ether oxygens (including phenoxy) is 1. The predicted molar refractivity (Wildman–Crippen MR) is 84.8 cm³/mol. The molecule has 0 aromatic heterocycles. The fourth-order valence-corrected chi connectivity index (χ4v) is 3.68. The molecule has 0 saturated heterocycles. The molecule has 0 spiro atoms. The quantitative estimate of drug-likeness (QED) is 0.855. The summed E-state index contributed by atoms with van der Waals surface area (Å²) in [5.74, 6) is 0.381. The van der Waals surface area contributed by atoms with Gasteiger partial charge in [0, 0.05) is 10.6 Å². The number of methoxy groups -OCH3 is 1. The largest absolute Gasteiger partial charge is 0.496 e. The highest BCUT2D eigenvalue weighted by Gasteiger charge is 2.18. The lowest BCUT2D eigenvalue weighted by Crippen LogP contribution is -2.07. The van der Waals surface area contributed by atoms with Gasteiger partial charge >= 0.3 is 0 Å². The van der Waals surface area contributed by atoms with Gasteiger partial charge in [-0.1, -0.05) is 17.7 Å². The number of rotatable bonds is 4. The lowest BCUT2D eigenvalue weighted by molar-refractivity contribution is 0.411. The molecule has 0 aliphatic heterocycles. The van der Waals surface area contributed by atoms with Gasteiger partial charge in [0.05, 0.1) is 17.8 Å². The summed E-state index contributed by atoms with van der Waals surface area (Å²) in [4.78, 5) is 0.313. The topological polar surface area (TPSA) is 43.4 Å². The van der Waals surface area contributed by atoms with Gasteiger partial charge in [0.25, 0.3) is 0 Å². The fraction of sp³-hybridized carbons (Fsp3) is 0.250. The molecule has 21 heavy (non-hydrogen) atoms. The lowest BCUT2D eigenvalue weighted by Gasteiger charge is -2.11. The molecule has 0 heterocycles. The average Bonchev–Trinajstić information content (AvgIpc) is 2.41. The minimum atomic E-state index is -3.44. The van der Waals surface area contributed by atoms with Gasteiger partial charge in [0.1, 0.15) is 5.75 Å². The molecule has 0 radical (unpaired) electrons. The van der Waals surface area contributed by atoms with Crippen LogP contribution >= 0.6 is 11.6 Å². The predicted octanol–water partition coefficient (Wildman–Crippen LogP) is 3.94. The minimum Gasteiger partial charge on any atom is -0.496 e. The van der Waals surface area contributed by atoms with Gasteiger partial charge in [-0.15, -0.1) is 0 Å². The molecular weight excluding hydrogens is 308 g/mol. The minimum absolute atomic E-state index is 0.140. The van der Waals surface area contributed by atoms with Crippen molar-refractivity contribution in [1.82, 2.24) is 0 Å². The molecular formula is C16H17ClO3S. The van der Waals surface area contributed by atoms with Gasteiger partial charge in [0.15, 0.2) is 9.84 Å². The number of hydrogen-bond donors (Lipinski definition) is 0. The summed E-state index contributed by atoms with van der Waals surface area (Å²) in [6.07, 6.45) is 0. The first-order valence-electron chi connectivity index (χ1n) is 6.46. The van der Waals surface area contributed by atoms with Gasteiger partial charge in [-0.3, -0.25) is 0 Å². The molecule has 0 aliphatic carbocycles. The molecule has 5 heteroatoms. The van der Waals surface area contributed by atoms with E-state index < -0.39 is 9.84 Å². The Labute approximate surface area is 130 Å². The smallest absolute Gasteiger partial charge is 0.182 e. The lowest BCUT2D eigenvalue weighted by atomic mass is 10.1. The van der Waals surface area contributed by atoms with Gasteiger partial charge in [-0.05, 0) is 55.3 Å². The molecule has 2 rings (SSSR count). The van der Waals surface area contributed by atoms with E-state index in [1.54, 1.807) is 30.3 Å². The fourth-order valence-electron chi connectivity index (χ4n) is 2.06. The van der Waals surface area contributed by atoms with Crippen LogP contribution in [-0.2, 0) is 15.6 Å². The number of sulfone groups is 1. The summed E-state index contributed by atoms with van der Waals surface area (Å²) in [5.41, 5.74) is 2.58. The van der Waals surface area contributed by atoms with E-state index in [-0.39, 0.29) is 5.75 Å². The molecule has 0 N–H and O–H groups in total. The maximum absolute atomic E-state index is 12.5. The Kier molecular flexibility index (Phi) is 4.59. The Morgan fingerprint density at radius 3 is 2.38 bits per heavy atom. The van der Waals surface area contributed by atoms with E-state index in [1.165, 1.54) is 7.11 Å². The molecule has 3 nitrogen and oxygen atoms in total. The van der Waals surface area contributed by atoms with E-state index in [4.69, 9.17) is 16.3 Å². The molecule has 2 aromatic rings. The van der Waals surface area contributed by atoms with E-state index in [2.05, 4.69) is 0 Å². The Balaban J connectivity index is 2.41. The molecule has 0 saturated carbocycles. The number of benzene rings is 2. The van der Waals surface area contributed by atoms with Crippen LogP contribution in [0.3, 0.4) is 0 Å². The first kappa shape index (κ1) is 15.9. The van der Waals surface area contributed by atoms with Crippen molar-refractivity contribution >= 4 is 21.4 Å². The van der Waals surface area contributed by atoms with E-state index in [0.717, 1.165) is 11.1 Å². The van der Waals surface area contributed by atoms with Gasteiger partial charge in [-0.25, -0.2) is 8.42 Å². The van der Waals surface area contributed by atoms with Gasteiger partial charge in [0.2, 0.25) is 0 Å². The van der Waals surface area contributed by atoms with E-state index in [1.807, 2.05) is 19.9 Å². The van der Waals surface area contributed by atoms with Gasteiger partial charge < -0.3 is 4.74 Å². The Hall–Kier alpha value is -1.52. The van der Waals surface area contributed by atoms with Crippen molar-refractivity contribution in [3.63, 3.8) is 0 Å². The normalized spacial score (nSPS) is 11.4. The number of aryl methyl sites for hydroxylation is 2. The van der Waals surface area contributed by atoms with Crippen molar-refractivity contribution in [2.45, 2.75) is 24.5 Å². The number of halogens is 1. The van der Waals surface area contributed by atoms with Crippen LogP contribution in [-0.4, -0.2) is 15.5 Å². The second kappa shape index (κ2) is 6.08. The van der Waals surface area contributed by atoms with Crippen LogP contribution in [0.1, 0.15) is 16.7 Å². The highest BCUT2D eigenvalue weighted by molar-refractivity contribution is 7.90. The van der Waals surface area contributed by atoms with Crippen LogP contribution in [0.15, 0.2) is 41.3 Å². The molecule has 0 aliphatic rings. The zero-order chi connectivity index (χ0) is 15.6. The highest BCUT2D eigenvalue weighted by Crippen LogP contribution is 2.27. The van der Waals surface area contributed by atoms with Crippen molar-refractivity contribution in [3.05, 3.63) is 58.1 Å². The molecule has 112 valence electrons. The monoisotopic (exact) mass is 324 g/mol. The summed E-state index contributed by atoms with van der Waals surface area (Å²) in [7, 11) is -1.93. The zero-order valence-corrected chi connectivity index (χ0v) is 13.8. The van der Waals surface area contributed by atoms with Crippen LogP contribution in [0, 0.1) is 13.8 Å². The Morgan fingerprint density at radius 1 is 1.05 bits per heavy atom. The first-order chi connectivity index (χ1) is 9.83. The van der Waals surface area contributed by atoms with Gasteiger partial charge in [-0.2, -0.15) is 0 Å². The van der Waals surface area contributed by atoms with Crippen molar-refractivity contribution in [2.75, 3.05) is 7.11 Å².